The fourth-order valence-electron chi connectivity index (χ4n) is 3.85. The van der Waals surface area contributed by atoms with E-state index in [9.17, 15) is 14.7 Å². The number of benzene rings is 2. The Morgan fingerprint density at radius 2 is 2.00 bits per heavy atom. The van der Waals surface area contributed by atoms with Gasteiger partial charge in [0.05, 0.1) is 6.20 Å². The summed E-state index contributed by atoms with van der Waals surface area (Å²) in [5, 5.41) is 17.8. The third-order valence-corrected chi connectivity index (χ3v) is 5.24. The number of aromatic nitrogens is 2. The summed E-state index contributed by atoms with van der Waals surface area (Å²) in [5.41, 5.74) is 1.52. The fourth-order valence-corrected chi connectivity index (χ4v) is 3.85. The molecule has 1 unspecified atom stereocenters. The first-order valence-electron chi connectivity index (χ1n) is 9.13. The first kappa shape index (κ1) is 17.4. The molecule has 1 aromatic heterocycles. The highest BCUT2D eigenvalue weighted by Crippen LogP contribution is 2.24. The van der Waals surface area contributed by atoms with Gasteiger partial charge in [-0.1, -0.05) is 36.4 Å². The van der Waals surface area contributed by atoms with E-state index < -0.39 is 5.97 Å². The van der Waals surface area contributed by atoms with Crippen molar-refractivity contribution in [3.63, 3.8) is 0 Å². The van der Waals surface area contributed by atoms with Crippen molar-refractivity contribution in [3.8, 4) is 0 Å². The summed E-state index contributed by atoms with van der Waals surface area (Å²) < 4.78 is 0. The number of rotatable bonds is 5. The quantitative estimate of drug-likeness (QED) is 0.679. The van der Waals surface area contributed by atoms with Crippen molar-refractivity contribution in [2.75, 3.05) is 13.1 Å². The van der Waals surface area contributed by atoms with Crippen LogP contribution < -0.4 is 0 Å². The molecule has 1 fully saturated rings. The first-order valence-corrected chi connectivity index (χ1v) is 9.13. The summed E-state index contributed by atoms with van der Waals surface area (Å²) in [6, 6.07) is 13.9. The first-order chi connectivity index (χ1) is 13.1. The molecule has 1 aliphatic heterocycles. The van der Waals surface area contributed by atoms with Crippen LogP contribution in [0.2, 0.25) is 0 Å². The Hall–Kier alpha value is -2.99. The van der Waals surface area contributed by atoms with Crippen molar-refractivity contribution < 1.29 is 14.7 Å². The van der Waals surface area contributed by atoms with Crippen LogP contribution >= 0.6 is 0 Å². The summed E-state index contributed by atoms with van der Waals surface area (Å²) in [7, 11) is 0. The van der Waals surface area contributed by atoms with E-state index in [1.807, 2.05) is 42.5 Å². The molecule has 0 radical (unpaired) electrons. The van der Waals surface area contributed by atoms with E-state index in [4.69, 9.17) is 0 Å². The van der Waals surface area contributed by atoms with Gasteiger partial charge in [0.2, 0.25) is 0 Å². The van der Waals surface area contributed by atoms with Gasteiger partial charge in [0.25, 0.3) is 0 Å². The average Bonchev–Trinajstić information content (AvgIpc) is 3.15. The molecule has 3 aromatic rings. The van der Waals surface area contributed by atoms with Crippen LogP contribution in [0.3, 0.4) is 0 Å². The third-order valence-electron chi connectivity index (χ3n) is 5.24. The van der Waals surface area contributed by atoms with Crippen LogP contribution in [0.25, 0.3) is 10.8 Å². The fraction of sp³-hybridized carbons (Fsp3) is 0.286. The van der Waals surface area contributed by atoms with Gasteiger partial charge in [0, 0.05) is 30.1 Å². The largest absolute Gasteiger partial charge is 0.477 e. The van der Waals surface area contributed by atoms with Crippen LogP contribution in [0.1, 0.15) is 39.3 Å². The van der Waals surface area contributed by atoms with Gasteiger partial charge in [-0.15, -0.1) is 0 Å². The van der Waals surface area contributed by atoms with Gasteiger partial charge in [-0.25, -0.2) is 4.79 Å². The molecule has 138 valence electrons. The molecule has 6 heteroatoms. The van der Waals surface area contributed by atoms with E-state index in [1.165, 1.54) is 0 Å². The van der Waals surface area contributed by atoms with Crippen LogP contribution in [0.15, 0.2) is 48.7 Å². The van der Waals surface area contributed by atoms with Crippen molar-refractivity contribution >= 4 is 22.5 Å². The van der Waals surface area contributed by atoms with Crippen molar-refractivity contribution in [2.45, 2.75) is 19.4 Å². The molecule has 0 spiro atoms. The summed E-state index contributed by atoms with van der Waals surface area (Å²) >= 11 is 0. The number of carbonyl (C=O) groups excluding carboxylic acids is 1. The lowest BCUT2D eigenvalue weighted by Gasteiger charge is -2.31. The summed E-state index contributed by atoms with van der Waals surface area (Å²) in [5.74, 6) is -0.917. The molecule has 6 nitrogen and oxygen atoms in total. The number of ketones is 1. The van der Waals surface area contributed by atoms with Crippen molar-refractivity contribution in [1.82, 2.24) is 15.1 Å². The standard InChI is InChI=1S/C21H21N3O3/c25-20(16-8-7-14-4-1-2-5-15(14)10-16)17-6-3-9-24(12-17)13-18-11-22-23-19(18)21(26)27/h1-2,4-5,7-8,10-11,17H,3,6,9,12-13H2,(H,22,23)(H,26,27). The number of fused-ring (bicyclic) bond motifs is 1. The predicted molar refractivity (Wildman–Crippen MR) is 102 cm³/mol. The highest BCUT2D eigenvalue weighted by atomic mass is 16.4. The number of nitrogens with one attached hydrogen (secondary N) is 1. The topological polar surface area (TPSA) is 86.3 Å². The number of aromatic amines is 1. The van der Waals surface area contributed by atoms with E-state index in [0.717, 1.165) is 35.7 Å². The SMILES string of the molecule is O=C(O)c1[nH]ncc1CN1CCCC(C(=O)c2ccc3ccccc3c2)C1. The van der Waals surface area contributed by atoms with Crippen molar-refractivity contribution in [3.05, 3.63) is 65.5 Å². The zero-order valence-electron chi connectivity index (χ0n) is 14.9. The van der Waals surface area contributed by atoms with Gasteiger partial charge < -0.3 is 5.11 Å². The van der Waals surface area contributed by atoms with Crippen LogP contribution in [0, 0.1) is 5.92 Å². The van der Waals surface area contributed by atoms with Crippen LogP contribution in [0.4, 0.5) is 0 Å². The van der Waals surface area contributed by atoms with Gasteiger partial charge in [-0.2, -0.15) is 5.10 Å². The number of nitrogens with zero attached hydrogens (tertiary/aromatic N) is 2. The Kier molecular flexibility index (Phi) is 4.73. The molecular weight excluding hydrogens is 342 g/mol. The number of likely N-dealkylation sites (tertiary alicyclic amines) is 1. The lowest BCUT2D eigenvalue weighted by molar-refractivity contribution is 0.0683. The number of carbonyl (C=O) groups is 2. The third kappa shape index (κ3) is 3.61. The Bertz CT molecular complexity index is 995. The van der Waals surface area contributed by atoms with E-state index in [0.29, 0.717) is 18.7 Å². The minimum Gasteiger partial charge on any atom is -0.477 e. The zero-order valence-corrected chi connectivity index (χ0v) is 14.9. The normalized spacial score (nSPS) is 17.9. The molecule has 0 bridgehead atoms. The second-order valence-electron chi connectivity index (χ2n) is 7.08. The maximum absolute atomic E-state index is 13.0. The van der Waals surface area contributed by atoms with E-state index in [1.54, 1.807) is 6.20 Å². The van der Waals surface area contributed by atoms with Crippen LogP contribution in [-0.4, -0.2) is 45.0 Å². The summed E-state index contributed by atoms with van der Waals surface area (Å²) in [6.07, 6.45) is 3.34. The van der Waals surface area contributed by atoms with Crippen molar-refractivity contribution in [1.29, 1.82) is 0 Å². The molecule has 1 aliphatic rings. The Balaban J connectivity index is 1.49. The summed E-state index contributed by atoms with van der Waals surface area (Å²) in [6.45, 7) is 1.97. The minimum absolute atomic E-state index is 0.0694. The molecule has 2 N–H and O–H groups in total. The number of piperidine rings is 1. The van der Waals surface area contributed by atoms with E-state index in [2.05, 4.69) is 15.1 Å². The second-order valence-corrected chi connectivity index (χ2v) is 7.08. The monoisotopic (exact) mass is 363 g/mol. The number of carboxylic acids is 1. The van der Waals surface area contributed by atoms with Gasteiger partial charge >= 0.3 is 5.97 Å². The molecule has 0 saturated carbocycles. The molecule has 4 rings (SSSR count). The van der Waals surface area contributed by atoms with Gasteiger partial charge in [-0.05, 0) is 36.2 Å². The number of aromatic carboxylic acids is 1. The number of Topliss-reactive ketones (excluding diaryl/α,β-unsaturated/α-hetero) is 1. The molecule has 27 heavy (non-hydrogen) atoms. The lowest BCUT2D eigenvalue weighted by Crippen LogP contribution is -2.38. The van der Waals surface area contributed by atoms with Gasteiger partial charge in [-0.3, -0.25) is 14.8 Å². The molecule has 0 amide bonds. The van der Waals surface area contributed by atoms with Gasteiger partial charge in [0.15, 0.2) is 5.78 Å². The highest BCUT2D eigenvalue weighted by Gasteiger charge is 2.27. The Morgan fingerprint density at radius 1 is 1.19 bits per heavy atom. The van der Waals surface area contributed by atoms with E-state index in [-0.39, 0.29) is 17.4 Å². The van der Waals surface area contributed by atoms with Gasteiger partial charge in [0.1, 0.15) is 5.69 Å². The molecule has 1 saturated heterocycles. The zero-order chi connectivity index (χ0) is 18.8. The predicted octanol–water partition coefficient (Wildman–Crippen LogP) is 3.36. The van der Waals surface area contributed by atoms with Crippen LogP contribution in [-0.2, 0) is 6.54 Å². The van der Waals surface area contributed by atoms with E-state index >= 15 is 0 Å². The number of hydrogen-bond donors (Lipinski definition) is 2. The summed E-state index contributed by atoms with van der Waals surface area (Å²) in [4.78, 5) is 26.4. The number of hydrogen-bond acceptors (Lipinski definition) is 4. The highest BCUT2D eigenvalue weighted by molar-refractivity contribution is 6.01. The maximum atomic E-state index is 13.0. The number of carboxylic acid groups (broad SMARTS) is 1. The number of H-pyrrole nitrogens is 1. The maximum Gasteiger partial charge on any atom is 0.354 e. The molecule has 2 aromatic carbocycles. The molecule has 0 aliphatic carbocycles. The minimum atomic E-state index is -1.01. The molecular formula is C21H21N3O3. The second kappa shape index (κ2) is 7.32. The van der Waals surface area contributed by atoms with Crippen molar-refractivity contribution in [2.24, 2.45) is 5.92 Å². The lowest BCUT2D eigenvalue weighted by atomic mass is 9.89. The molecule has 2 heterocycles. The Morgan fingerprint density at radius 3 is 2.81 bits per heavy atom. The Labute approximate surface area is 156 Å². The molecule has 1 atom stereocenters. The van der Waals surface area contributed by atoms with Crippen LogP contribution in [0.5, 0.6) is 0 Å². The smallest absolute Gasteiger partial charge is 0.354 e. The average molecular weight is 363 g/mol.